The molecule has 1 fully saturated rings. The molecule has 2 atom stereocenters. The Morgan fingerprint density at radius 2 is 2.25 bits per heavy atom. The highest BCUT2D eigenvalue weighted by Crippen LogP contribution is 2.11. The molecule has 3 rings (SSSR count). The summed E-state index contributed by atoms with van der Waals surface area (Å²) in [4.78, 5) is 12.3. The second-order valence-electron chi connectivity index (χ2n) is 6.43. The Kier molecular flexibility index (Phi) is 4.94. The Morgan fingerprint density at radius 3 is 2.92 bits per heavy atom. The zero-order valence-corrected chi connectivity index (χ0v) is 14.1. The number of rotatable bonds is 5. The first-order chi connectivity index (χ1) is 11.5. The van der Waals surface area contributed by atoms with Gasteiger partial charge in [-0.25, -0.2) is 4.39 Å². The van der Waals surface area contributed by atoms with Gasteiger partial charge in [0.15, 0.2) is 0 Å². The predicted octanol–water partition coefficient (Wildman–Crippen LogP) is 1.98. The van der Waals surface area contributed by atoms with Gasteiger partial charge in [0.2, 0.25) is 0 Å². The van der Waals surface area contributed by atoms with E-state index in [1.54, 1.807) is 6.07 Å². The van der Waals surface area contributed by atoms with Crippen molar-refractivity contribution in [2.75, 3.05) is 13.1 Å². The quantitative estimate of drug-likeness (QED) is 0.881. The zero-order chi connectivity index (χ0) is 17.1. The number of aromatic nitrogens is 2. The highest BCUT2D eigenvalue weighted by atomic mass is 19.1. The van der Waals surface area contributed by atoms with Gasteiger partial charge in [0.25, 0.3) is 5.91 Å². The van der Waals surface area contributed by atoms with E-state index in [1.807, 2.05) is 42.8 Å². The summed E-state index contributed by atoms with van der Waals surface area (Å²) in [5, 5.41) is 10.4. The third-order valence-electron chi connectivity index (χ3n) is 4.30. The summed E-state index contributed by atoms with van der Waals surface area (Å²) in [6.45, 7) is 5.43. The van der Waals surface area contributed by atoms with Crippen LogP contribution in [0.25, 0.3) is 0 Å². The molecule has 1 aromatic heterocycles. The molecule has 0 saturated carbocycles. The maximum Gasteiger partial charge on any atom is 0.251 e. The Bertz CT molecular complexity index is 728. The number of nitrogens with zero attached hydrogens (tertiary/aromatic N) is 2. The monoisotopic (exact) mass is 330 g/mol. The Labute approximate surface area is 141 Å². The lowest BCUT2D eigenvalue weighted by Gasteiger charge is -2.12. The Balaban J connectivity index is 1.61. The molecule has 1 aliphatic heterocycles. The second kappa shape index (κ2) is 7.13. The van der Waals surface area contributed by atoms with E-state index in [2.05, 4.69) is 15.7 Å². The molecule has 24 heavy (non-hydrogen) atoms. The Hall–Kier alpha value is -2.21. The minimum Gasteiger partial charge on any atom is -0.350 e. The second-order valence-corrected chi connectivity index (χ2v) is 6.43. The summed E-state index contributed by atoms with van der Waals surface area (Å²) in [6.07, 6.45) is -0.353. The van der Waals surface area contributed by atoms with Crippen LogP contribution < -0.4 is 10.6 Å². The molecule has 1 aromatic carbocycles. The summed E-state index contributed by atoms with van der Waals surface area (Å²) in [5.41, 5.74) is 3.72. The smallest absolute Gasteiger partial charge is 0.251 e. The molecule has 1 amide bonds. The van der Waals surface area contributed by atoms with Gasteiger partial charge >= 0.3 is 0 Å². The molecule has 0 radical (unpaired) electrons. The molecule has 1 saturated heterocycles. The predicted molar refractivity (Wildman–Crippen MR) is 90.9 cm³/mol. The van der Waals surface area contributed by atoms with Crippen LogP contribution in [0.1, 0.15) is 33.7 Å². The number of aryl methyl sites for hydroxylation is 2. The Morgan fingerprint density at radius 1 is 1.42 bits per heavy atom. The number of alkyl halides is 1. The van der Waals surface area contributed by atoms with Crippen LogP contribution in [-0.2, 0) is 6.54 Å². The molecule has 6 heteroatoms. The van der Waals surface area contributed by atoms with Gasteiger partial charge in [0, 0.05) is 30.4 Å². The summed E-state index contributed by atoms with van der Waals surface area (Å²) >= 11 is 0. The van der Waals surface area contributed by atoms with Gasteiger partial charge in [0.05, 0.1) is 12.2 Å². The van der Waals surface area contributed by atoms with Gasteiger partial charge in [-0.2, -0.15) is 5.10 Å². The first-order valence-electron chi connectivity index (χ1n) is 8.27. The average molecular weight is 330 g/mol. The molecule has 2 N–H and O–H groups in total. The summed E-state index contributed by atoms with van der Waals surface area (Å²) in [7, 11) is 0. The standard InChI is InChI=1S/C18H23FN4O/c1-12-6-13(2)23(22-12)11-14-4-3-5-15(7-14)18(24)21-10-17-8-16(19)9-20-17/h3-7,16-17,20H,8-11H2,1-2H3,(H,21,24)/t16-,17-/m0/s1. The summed E-state index contributed by atoms with van der Waals surface area (Å²) < 4.78 is 15.1. The number of amides is 1. The molecule has 0 spiro atoms. The van der Waals surface area contributed by atoms with Gasteiger partial charge in [-0.3, -0.25) is 9.48 Å². The van der Waals surface area contributed by atoms with Crippen LogP contribution in [0, 0.1) is 13.8 Å². The number of carbonyl (C=O) groups excluding carboxylic acids is 1. The number of hydrogen-bond donors (Lipinski definition) is 2. The third-order valence-corrected chi connectivity index (χ3v) is 4.30. The number of hydrogen-bond acceptors (Lipinski definition) is 3. The number of halogens is 1. The lowest BCUT2D eigenvalue weighted by atomic mass is 10.1. The van der Waals surface area contributed by atoms with Crippen LogP contribution in [0.4, 0.5) is 4.39 Å². The molecule has 0 unspecified atom stereocenters. The van der Waals surface area contributed by atoms with Gasteiger partial charge in [-0.15, -0.1) is 0 Å². The fraction of sp³-hybridized carbons (Fsp3) is 0.444. The third kappa shape index (κ3) is 4.00. The molecular weight excluding hydrogens is 307 g/mol. The topological polar surface area (TPSA) is 59.0 Å². The lowest BCUT2D eigenvalue weighted by Crippen LogP contribution is -2.37. The van der Waals surface area contributed by atoms with E-state index in [0.717, 1.165) is 17.0 Å². The largest absolute Gasteiger partial charge is 0.350 e. The molecule has 0 bridgehead atoms. The van der Waals surface area contributed by atoms with Gasteiger partial charge in [-0.05, 0) is 44.0 Å². The molecular formula is C18H23FN4O. The van der Waals surface area contributed by atoms with Crippen LogP contribution in [0.3, 0.4) is 0 Å². The van der Waals surface area contributed by atoms with Crippen LogP contribution in [0.2, 0.25) is 0 Å². The van der Waals surface area contributed by atoms with Crippen molar-refractivity contribution in [2.24, 2.45) is 0 Å². The highest BCUT2D eigenvalue weighted by molar-refractivity contribution is 5.94. The van der Waals surface area contributed by atoms with Crippen molar-refractivity contribution >= 4 is 5.91 Å². The molecule has 5 nitrogen and oxygen atoms in total. The molecule has 0 aliphatic carbocycles. The fourth-order valence-electron chi connectivity index (χ4n) is 3.06. The van der Waals surface area contributed by atoms with Crippen molar-refractivity contribution in [3.63, 3.8) is 0 Å². The number of benzene rings is 1. The number of nitrogens with one attached hydrogen (secondary N) is 2. The van der Waals surface area contributed by atoms with Crippen molar-refractivity contribution in [3.05, 3.63) is 52.8 Å². The average Bonchev–Trinajstić information content (AvgIpc) is 3.10. The maximum atomic E-state index is 13.1. The fourth-order valence-corrected chi connectivity index (χ4v) is 3.06. The van der Waals surface area contributed by atoms with Crippen molar-refractivity contribution in [1.82, 2.24) is 20.4 Å². The summed E-state index contributed by atoms with van der Waals surface area (Å²) in [5.74, 6) is -0.130. The van der Waals surface area contributed by atoms with Crippen molar-refractivity contribution in [1.29, 1.82) is 0 Å². The van der Waals surface area contributed by atoms with E-state index in [4.69, 9.17) is 0 Å². The van der Waals surface area contributed by atoms with Crippen molar-refractivity contribution in [3.8, 4) is 0 Å². The van der Waals surface area contributed by atoms with Crippen LogP contribution in [0.5, 0.6) is 0 Å². The van der Waals surface area contributed by atoms with E-state index >= 15 is 0 Å². The van der Waals surface area contributed by atoms with E-state index in [0.29, 0.717) is 31.6 Å². The number of carbonyl (C=O) groups is 1. The van der Waals surface area contributed by atoms with Gasteiger partial charge in [-0.1, -0.05) is 12.1 Å². The molecule has 128 valence electrons. The molecule has 2 aromatic rings. The minimum absolute atomic E-state index is 0.0156. The first kappa shape index (κ1) is 16.6. The van der Waals surface area contributed by atoms with Crippen LogP contribution in [-0.4, -0.2) is 41.0 Å². The first-order valence-corrected chi connectivity index (χ1v) is 8.27. The summed E-state index contributed by atoms with van der Waals surface area (Å²) in [6, 6.07) is 9.58. The highest BCUT2D eigenvalue weighted by Gasteiger charge is 2.23. The normalized spacial score (nSPS) is 20.3. The minimum atomic E-state index is -0.809. The van der Waals surface area contributed by atoms with Gasteiger partial charge in [0.1, 0.15) is 6.17 Å². The van der Waals surface area contributed by atoms with Crippen LogP contribution >= 0.6 is 0 Å². The lowest BCUT2D eigenvalue weighted by molar-refractivity contribution is 0.0950. The van der Waals surface area contributed by atoms with E-state index in [-0.39, 0.29) is 11.9 Å². The van der Waals surface area contributed by atoms with Gasteiger partial charge < -0.3 is 10.6 Å². The SMILES string of the molecule is Cc1cc(C)n(Cc2cccc(C(=O)NC[C@@H]3C[C@H](F)CN3)c2)n1. The zero-order valence-electron chi connectivity index (χ0n) is 14.1. The maximum absolute atomic E-state index is 13.1. The van der Waals surface area contributed by atoms with Crippen molar-refractivity contribution in [2.45, 2.75) is 39.0 Å². The van der Waals surface area contributed by atoms with Crippen LogP contribution in [0.15, 0.2) is 30.3 Å². The van der Waals surface area contributed by atoms with E-state index < -0.39 is 6.17 Å². The van der Waals surface area contributed by atoms with E-state index in [9.17, 15) is 9.18 Å². The molecule has 2 heterocycles. The van der Waals surface area contributed by atoms with Crippen molar-refractivity contribution < 1.29 is 9.18 Å². The van der Waals surface area contributed by atoms with E-state index in [1.165, 1.54) is 0 Å². The molecule has 1 aliphatic rings.